The molecule has 0 amide bonds. The fraction of sp³-hybridized carbons (Fsp3) is 0.643. The lowest BCUT2D eigenvalue weighted by molar-refractivity contribution is -0.137. The number of nitrogens with zero attached hydrogens (tertiary/aromatic N) is 1. The highest BCUT2D eigenvalue weighted by atomic mass is 16.4. The van der Waals surface area contributed by atoms with Gasteiger partial charge in [0.05, 0.1) is 0 Å². The fourth-order valence-corrected chi connectivity index (χ4v) is 2.61. The molecule has 1 rings (SSSR count). The number of carbonyl (C=O) groups is 1. The van der Waals surface area contributed by atoms with Gasteiger partial charge in [-0.2, -0.15) is 0 Å². The van der Waals surface area contributed by atoms with E-state index in [0.717, 1.165) is 5.69 Å². The Bertz CT molecular complexity index is 428. The molecule has 0 aliphatic rings. The minimum atomic E-state index is -0.777. The van der Waals surface area contributed by atoms with Gasteiger partial charge in [0.25, 0.3) is 0 Å². The minimum absolute atomic E-state index is 0.0624. The van der Waals surface area contributed by atoms with Crippen LogP contribution < -0.4 is 0 Å². The molecule has 0 spiro atoms. The second-order valence-electron chi connectivity index (χ2n) is 5.30. The van der Waals surface area contributed by atoms with Gasteiger partial charge in [-0.1, -0.05) is 27.7 Å². The second kappa shape index (κ2) is 4.94. The molecular weight excluding hydrogens is 214 g/mol. The van der Waals surface area contributed by atoms with Crippen LogP contribution in [0.3, 0.4) is 0 Å². The molecule has 0 saturated heterocycles. The molecule has 17 heavy (non-hydrogen) atoms. The highest BCUT2D eigenvalue weighted by Crippen LogP contribution is 2.33. The van der Waals surface area contributed by atoms with Gasteiger partial charge in [-0.05, 0) is 36.8 Å². The van der Waals surface area contributed by atoms with Crippen LogP contribution in [0.4, 0.5) is 0 Å². The molecule has 0 radical (unpaired) electrons. The molecule has 0 fully saturated rings. The zero-order valence-corrected chi connectivity index (χ0v) is 11.7. The van der Waals surface area contributed by atoms with E-state index in [1.807, 2.05) is 11.5 Å². The lowest BCUT2D eigenvalue weighted by Gasteiger charge is -2.16. The summed E-state index contributed by atoms with van der Waals surface area (Å²) in [5.41, 5.74) is 4.82. The van der Waals surface area contributed by atoms with Crippen molar-refractivity contribution < 1.29 is 9.90 Å². The third-order valence-electron chi connectivity index (χ3n) is 3.34. The number of hydrogen-bond acceptors (Lipinski definition) is 1. The van der Waals surface area contributed by atoms with Crippen molar-refractivity contribution >= 4 is 5.97 Å². The average molecular weight is 237 g/mol. The monoisotopic (exact) mass is 237 g/mol. The predicted octanol–water partition coefficient (Wildman–Crippen LogP) is 3.44. The number of aliphatic carboxylic acids is 1. The average Bonchev–Trinajstić information content (AvgIpc) is 2.41. The topological polar surface area (TPSA) is 42.2 Å². The maximum absolute atomic E-state index is 11.0. The molecule has 0 saturated carbocycles. The summed E-state index contributed by atoms with van der Waals surface area (Å²) in [6.07, 6.45) is 0. The number of rotatable bonds is 4. The molecule has 96 valence electrons. The Balaban J connectivity index is 3.47. The van der Waals surface area contributed by atoms with Crippen LogP contribution in [0.25, 0.3) is 0 Å². The molecule has 1 aromatic heterocycles. The van der Waals surface area contributed by atoms with E-state index in [1.54, 1.807) is 0 Å². The normalized spacial score (nSPS) is 11.5. The van der Waals surface area contributed by atoms with Crippen LogP contribution in [0, 0.1) is 13.8 Å². The first-order valence-corrected chi connectivity index (χ1v) is 6.18. The quantitative estimate of drug-likeness (QED) is 0.871. The largest absolute Gasteiger partial charge is 0.480 e. The maximum atomic E-state index is 11.0. The standard InChI is InChI=1S/C14H23NO2/c1-8(2)13-10(5)11(6)15(7-12(16)17)14(13)9(3)4/h8-9H,7H2,1-6H3,(H,16,17). The molecule has 3 nitrogen and oxygen atoms in total. The summed E-state index contributed by atoms with van der Waals surface area (Å²) in [5.74, 6) is 0.000557. The zero-order valence-electron chi connectivity index (χ0n) is 11.7. The van der Waals surface area contributed by atoms with Crippen molar-refractivity contribution in [2.75, 3.05) is 0 Å². The summed E-state index contributed by atoms with van der Waals surface area (Å²) < 4.78 is 1.96. The number of carboxylic acids is 1. The number of hydrogen-bond donors (Lipinski definition) is 1. The molecular formula is C14H23NO2. The first-order valence-electron chi connectivity index (χ1n) is 6.18. The van der Waals surface area contributed by atoms with Crippen molar-refractivity contribution in [3.63, 3.8) is 0 Å². The Morgan fingerprint density at radius 2 is 1.71 bits per heavy atom. The van der Waals surface area contributed by atoms with Crippen LogP contribution in [0.15, 0.2) is 0 Å². The number of carboxylic acid groups (broad SMARTS) is 1. The fourth-order valence-electron chi connectivity index (χ4n) is 2.61. The van der Waals surface area contributed by atoms with E-state index in [9.17, 15) is 4.79 Å². The first-order chi connectivity index (χ1) is 7.77. The predicted molar refractivity (Wildman–Crippen MR) is 69.7 cm³/mol. The van der Waals surface area contributed by atoms with Gasteiger partial charge in [0.15, 0.2) is 0 Å². The molecule has 1 aromatic rings. The molecule has 0 atom stereocenters. The molecule has 0 aromatic carbocycles. The van der Waals surface area contributed by atoms with Gasteiger partial charge in [0.1, 0.15) is 6.54 Å². The zero-order chi connectivity index (χ0) is 13.3. The Morgan fingerprint density at radius 1 is 1.18 bits per heavy atom. The van der Waals surface area contributed by atoms with Gasteiger partial charge < -0.3 is 9.67 Å². The Morgan fingerprint density at radius 3 is 2.06 bits per heavy atom. The van der Waals surface area contributed by atoms with E-state index >= 15 is 0 Å². The van der Waals surface area contributed by atoms with E-state index in [2.05, 4.69) is 34.6 Å². The Labute approximate surface area is 103 Å². The van der Waals surface area contributed by atoms with Crippen molar-refractivity contribution in [3.8, 4) is 0 Å². The summed E-state index contributed by atoms with van der Waals surface area (Å²) in [6.45, 7) is 12.7. The van der Waals surface area contributed by atoms with Crippen LogP contribution >= 0.6 is 0 Å². The Kier molecular flexibility index (Phi) is 4.02. The van der Waals surface area contributed by atoms with Crippen LogP contribution in [-0.4, -0.2) is 15.6 Å². The maximum Gasteiger partial charge on any atom is 0.323 e. The van der Waals surface area contributed by atoms with E-state index in [4.69, 9.17) is 5.11 Å². The van der Waals surface area contributed by atoms with Gasteiger partial charge in [-0.3, -0.25) is 4.79 Å². The van der Waals surface area contributed by atoms with Crippen molar-refractivity contribution in [2.45, 2.75) is 59.9 Å². The summed E-state index contributed by atoms with van der Waals surface area (Å²) in [7, 11) is 0. The van der Waals surface area contributed by atoms with Gasteiger partial charge in [0.2, 0.25) is 0 Å². The van der Waals surface area contributed by atoms with Gasteiger partial charge >= 0.3 is 5.97 Å². The summed E-state index contributed by atoms with van der Waals surface area (Å²) in [6, 6.07) is 0. The van der Waals surface area contributed by atoms with Crippen LogP contribution in [0.2, 0.25) is 0 Å². The summed E-state index contributed by atoms with van der Waals surface area (Å²) in [5, 5.41) is 9.02. The molecule has 0 aliphatic heterocycles. The third kappa shape index (κ3) is 2.54. The minimum Gasteiger partial charge on any atom is -0.480 e. The third-order valence-corrected chi connectivity index (χ3v) is 3.34. The molecule has 0 aliphatic carbocycles. The SMILES string of the molecule is Cc1c(C(C)C)c(C(C)C)n(CC(=O)O)c1C. The van der Waals surface area contributed by atoms with Crippen molar-refractivity contribution in [3.05, 3.63) is 22.5 Å². The van der Waals surface area contributed by atoms with Gasteiger partial charge in [-0.15, -0.1) is 0 Å². The van der Waals surface area contributed by atoms with E-state index in [0.29, 0.717) is 11.8 Å². The first kappa shape index (κ1) is 13.8. The van der Waals surface area contributed by atoms with E-state index < -0.39 is 5.97 Å². The summed E-state index contributed by atoms with van der Waals surface area (Å²) >= 11 is 0. The second-order valence-corrected chi connectivity index (χ2v) is 5.30. The number of aromatic nitrogens is 1. The highest BCUT2D eigenvalue weighted by Gasteiger charge is 2.22. The molecule has 1 N–H and O–H groups in total. The molecule has 0 bridgehead atoms. The lowest BCUT2D eigenvalue weighted by Crippen LogP contribution is -2.14. The smallest absolute Gasteiger partial charge is 0.323 e. The van der Waals surface area contributed by atoms with Crippen LogP contribution in [0.5, 0.6) is 0 Å². The molecule has 0 unspecified atom stereocenters. The van der Waals surface area contributed by atoms with Crippen LogP contribution in [0.1, 0.15) is 62.0 Å². The van der Waals surface area contributed by atoms with Crippen LogP contribution in [-0.2, 0) is 11.3 Å². The molecule has 3 heteroatoms. The summed E-state index contributed by atoms with van der Waals surface area (Å²) in [4.78, 5) is 11.0. The van der Waals surface area contributed by atoms with E-state index in [-0.39, 0.29) is 6.54 Å². The van der Waals surface area contributed by atoms with Gasteiger partial charge in [0, 0.05) is 11.4 Å². The molecule has 1 heterocycles. The van der Waals surface area contributed by atoms with E-state index in [1.165, 1.54) is 16.8 Å². The highest BCUT2D eigenvalue weighted by molar-refractivity contribution is 5.67. The van der Waals surface area contributed by atoms with Gasteiger partial charge in [-0.25, -0.2) is 0 Å². The lowest BCUT2D eigenvalue weighted by atomic mass is 9.94. The van der Waals surface area contributed by atoms with Crippen molar-refractivity contribution in [2.24, 2.45) is 0 Å². The van der Waals surface area contributed by atoms with Crippen molar-refractivity contribution in [1.29, 1.82) is 0 Å². The van der Waals surface area contributed by atoms with Crippen molar-refractivity contribution in [1.82, 2.24) is 4.57 Å². The Hall–Kier alpha value is -1.25.